The Labute approximate surface area is 146 Å². The molecule has 25 heavy (non-hydrogen) atoms. The molecule has 0 atom stereocenters. The molecule has 2 aromatic rings. The van der Waals surface area contributed by atoms with Gasteiger partial charge in [-0.1, -0.05) is 12.1 Å². The molecule has 0 unspecified atom stereocenters. The van der Waals surface area contributed by atoms with Gasteiger partial charge in [-0.2, -0.15) is 5.26 Å². The maximum atomic E-state index is 9.35. The Balaban J connectivity index is 1.93. The zero-order valence-corrected chi connectivity index (χ0v) is 14.6. The van der Waals surface area contributed by atoms with E-state index < -0.39 is 0 Å². The van der Waals surface area contributed by atoms with Crippen LogP contribution in [0.5, 0.6) is 11.5 Å². The van der Waals surface area contributed by atoms with Crippen LogP contribution in [0.1, 0.15) is 19.4 Å². The van der Waals surface area contributed by atoms with E-state index in [2.05, 4.69) is 30.3 Å². The van der Waals surface area contributed by atoms with E-state index in [1.54, 1.807) is 11.5 Å². The molecule has 2 heterocycles. The van der Waals surface area contributed by atoms with Crippen molar-refractivity contribution in [1.29, 1.82) is 5.26 Å². The second-order valence-electron chi connectivity index (χ2n) is 6.11. The van der Waals surface area contributed by atoms with E-state index in [4.69, 9.17) is 9.47 Å². The van der Waals surface area contributed by atoms with Crippen LogP contribution in [0, 0.1) is 11.3 Å². The molecule has 0 aliphatic carbocycles. The highest BCUT2D eigenvalue weighted by Crippen LogP contribution is 2.17. The van der Waals surface area contributed by atoms with Crippen LogP contribution in [0.4, 0.5) is 5.69 Å². The third kappa shape index (κ3) is 3.72. The summed E-state index contributed by atoms with van der Waals surface area (Å²) in [5.74, 6) is 1.46. The van der Waals surface area contributed by atoms with Crippen LogP contribution in [-0.4, -0.2) is 19.7 Å². The van der Waals surface area contributed by atoms with Crippen LogP contribution in [0.2, 0.25) is 0 Å². The number of hydrogen-bond donors (Lipinski definition) is 1. The number of methoxy groups -OCH3 is 1. The van der Waals surface area contributed by atoms with Gasteiger partial charge in [0.05, 0.1) is 7.11 Å². The number of nitriles is 1. The van der Waals surface area contributed by atoms with E-state index in [0.717, 1.165) is 22.3 Å². The molecule has 0 amide bonds. The van der Waals surface area contributed by atoms with Crippen molar-refractivity contribution in [3.63, 3.8) is 0 Å². The smallest absolute Gasteiger partial charge is 0.295 e. The predicted octanol–water partition coefficient (Wildman–Crippen LogP) is 2.10. The first kappa shape index (κ1) is 16.8. The summed E-state index contributed by atoms with van der Waals surface area (Å²) in [6.45, 7) is 4.92. The first-order valence-electron chi connectivity index (χ1n) is 8.16. The van der Waals surface area contributed by atoms with Gasteiger partial charge < -0.3 is 14.8 Å². The largest absolute Gasteiger partial charge is 0.497 e. The van der Waals surface area contributed by atoms with E-state index in [0.29, 0.717) is 24.5 Å². The number of rotatable bonds is 6. The lowest BCUT2D eigenvalue weighted by Crippen LogP contribution is -2.36. The third-order valence-electron chi connectivity index (χ3n) is 3.82. The highest BCUT2D eigenvalue weighted by atomic mass is 16.5. The molecule has 1 N–H and O–H groups in total. The number of fused-ring (bicyclic) bond motifs is 1. The van der Waals surface area contributed by atoms with Gasteiger partial charge in [0.2, 0.25) is 6.20 Å². The molecule has 128 valence electrons. The van der Waals surface area contributed by atoms with Crippen molar-refractivity contribution in [2.45, 2.75) is 26.5 Å². The summed E-state index contributed by atoms with van der Waals surface area (Å²) in [5, 5.41) is 17.8. The van der Waals surface area contributed by atoms with Gasteiger partial charge in [-0.3, -0.25) is 0 Å². The number of ether oxygens (including phenoxy) is 2. The number of pyridine rings is 1. The molecule has 3 rings (SSSR count). The number of aromatic nitrogens is 1. The highest BCUT2D eigenvalue weighted by Gasteiger charge is 2.21. The Kier molecular flexibility index (Phi) is 4.85. The minimum absolute atomic E-state index is 0.286. The summed E-state index contributed by atoms with van der Waals surface area (Å²) in [5.41, 5.74) is 2.54. The van der Waals surface area contributed by atoms with Crippen molar-refractivity contribution in [2.75, 3.05) is 19.0 Å². The average Bonchev–Trinajstić information content (AvgIpc) is 3.02. The maximum absolute atomic E-state index is 9.35. The average molecular weight is 337 g/mol. The van der Waals surface area contributed by atoms with E-state index in [1.165, 1.54) is 0 Å². The fraction of sp³-hybridized carbons (Fsp3) is 0.316. The normalized spacial score (nSPS) is 12.4. The minimum Gasteiger partial charge on any atom is -0.497 e. The molecule has 0 fully saturated rings. The number of hydrogen-bond acceptors (Lipinski definition) is 5. The second kappa shape index (κ2) is 7.22. The summed E-state index contributed by atoms with van der Waals surface area (Å²) in [6, 6.07) is 12.1. The molecule has 0 saturated heterocycles. The SMILES string of the molecule is COc1ccc(COc2cc(NC(C)C)c[n+]3c2=C(C#N)CN=3)cc1. The third-order valence-corrected chi connectivity index (χ3v) is 3.82. The van der Waals surface area contributed by atoms with Crippen molar-refractivity contribution in [3.8, 4) is 17.6 Å². The predicted molar refractivity (Wildman–Crippen MR) is 94.1 cm³/mol. The van der Waals surface area contributed by atoms with E-state index in [-0.39, 0.29) is 6.04 Å². The lowest BCUT2D eigenvalue weighted by molar-refractivity contribution is -0.557. The lowest BCUT2D eigenvalue weighted by Gasteiger charge is -2.10. The Morgan fingerprint density at radius 3 is 2.72 bits per heavy atom. The Morgan fingerprint density at radius 1 is 1.32 bits per heavy atom. The van der Waals surface area contributed by atoms with E-state index >= 15 is 0 Å². The highest BCUT2D eigenvalue weighted by molar-refractivity contribution is 5.63. The van der Waals surface area contributed by atoms with Gasteiger partial charge in [0.1, 0.15) is 36.2 Å². The van der Waals surface area contributed by atoms with Crippen molar-refractivity contribution < 1.29 is 13.8 Å². The Morgan fingerprint density at radius 2 is 2.08 bits per heavy atom. The summed E-state index contributed by atoms with van der Waals surface area (Å²) in [6.07, 6.45) is 1.89. The topological polar surface area (TPSA) is 72.5 Å². The number of nitrogens with one attached hydrogen (secondary N) is 1. The van der Waals surface area contributed by atoms with Crippen molar-refractivity contribution in [2.24, 2.45) is 5.11 Å². The van der Waals surface area contributed by atoms with Gasteiger partial charge in [0, 0.05) is 12.1 Å². The molecule has 1 aliphatic heterocycles. The second-order valence-corrected chi connectivity index (χ2v) is 6.11. The monoisotopic (exact) mass is 337 g/mol. The molecule has 1 aromatic heterocycles. The van der Waals surface area contributed by atoms with Gasteiger partial charge >= 0.3 is 0 Å². The van der Waals surface area contributed by atoms with Crippen LogP contribution in [0.15, 0.2) is 41.6 Å². The number of benzene rings is 1. The molecular weight excluding hydrogens is 316 g/mol. The van der Waals surface area contributed by atoms with E-state index in [1.807, 2.05) is 36.5 Å². The standard InChI is InChI=1S/C19H21N4O2/c1-13(2)22-16-8-18(19-15(9-20)10-21-23(19)11-16)25-12-14-4-6-17(24-3)7-5-14/h4-8,11,13,22H,10,12H2,1-3H3/q+1. The maximum Gasteiger partial charge on any atom is 0.295 e. The molecule has 1 aromatic carbocycles. The first-order chi connectivity index (χ1) is 12.1. The fourth-order valence-corrected chi connectivity index (χ4v) is 2.67. The number of nitrogens with zero attached hydrogens (tertiary/aromatic N) is 3. The van der Waals surface area contributed by atoms with Gasteiger partial charge in [-0.15, -0.1) is 0 Å². The van der Waals surface area contributed by atoms with Crippen LogP contribution >= 0.6 is 0 Å². The molecule has 6 heteroatoms. The zero-order valence-electron chi connectivity index (χ0n) is 14.6. The van der Waals surface area contributed by atoms with Crippen molar-refractivity contribution in [3.05, 3.63) is 47.4 Å². The molecule has 0 bridgehead atoms. The Hall–Kier alpha value is -3.07. The summed E-state index contributed by atoms with van der Waals surface area (Å²) in [7, 11) is 1.64. The van der Waals surface area contributed by atoms with Crippen LogP contribution in [0.3, 0.4) is 0 Å². The molecule has 1 aliphatic rings. The quantitative estimate of drug-likeness (QED) is 0.820. The zero-order chi connectivity index (χ0) is 17.8. The molecule has 0 saturated carbocycles. The fourth-order valence-electron chi connectivity index (χ4n) is 2.67. The van der Waals surface area contributed by atoms with Crippen LogP contribution in [0.25, 0.3) is 5.57 Å². The molecule has 0 spiro atoms. The Bertz CT molecular complexity index is 928. The summed E-state index contributed by atoms with van der Waals surface area (Å²) < 4.78 is 12.9. The van der Waals surface area contributed by atoms with E-state index in [9.17, 15) is 5.26 Å². The molecule has 6 nitrogen and oxygen atoms in total. The summed E-state index contributed by atoms with van der Waals surface area (Å²) in [4.78, 5) is 0. The van der Waals surface area contributed by atoms with Crippen molar-refractivity contribution in [1.82, 2.24) is 0 Å². The van der Waals surface area contributed by atoms with Gasteiger partial charge in [-0.25, -0.2) is 0 Å². The lowest BCUT2D eigenvalue weighted by atomic mass is 10.2. The van der Waals surface area contributed by atoms with Gasteiger partial charge in [0.15, 0.2) is 5.75 Å². The summed E-state index contributed by atoms with van der Waals surface area (Å²) >= 11 is 0. The molecular formula is C19H21N4O2+. The van der Waals surface area contributed by atoms with Gasteiger partial charge in [-0.05, 0) is 41.0 Å². The molecule has 0 radical (unpaired) electrons. The number of anilines is 1. The van der Waals surface area contributed by atoms with Crippen molar-refractivity contribution >= 4 is 11.3 Å². The van der Waals surface area contributed by atoms with Gasteiger partial charge in [0.25, 0.3) is 5.35 Å². The first-order valence-corrected chi connectivity index (χ1v) is 8.16. The van der Waals surface area contributed by atoms with Crippen LogP contribution < -0.4 is 24.5 Å². The van der Waals surface area contributed by atoms with Crippen LogP contribution in [-0.2, 0) is 6.61 Å². The minimum atomic E-state index is 0.286.